The Morgan fingerprint density at radius 1 is 1.10 bits per heavy atom. The predicted molar refractivity (Wildman–Crippen MR) is 112 cm³/mol. The number of nitrogens with one attached hydrogen (secondary N) is 1. The van der Waals surface area contributed by atoms with Crippen LogP contribution in [-0.4, -0.2) is 53.2 Å². The molecule has 0 aromatic heterocycles. The van der Waals surface area contributed by atoms with Gasteiger partial charge in [-0.2, -0.15) is 0 Å². The Balaban J connectivity index is 1.47. The number of likely N-dealkylation sites (tertiary alicyclic amines) is 2. The lowest BCUT2D eigenvalue weighted by molar-refractivity contribution is -0.137. The second-order valence-electron chi connectivity index (χ2n) is 8.28. The Hall–Kier alpha value is -2.37. The van der Waals surface area contributed by atoms with Gasteiger partial charge in [-0.1, -0.05) is 44.2 Å². The fraction of sp³-hybridized carbons (Fsp3) is 0.609. The normalized spacial score (nSPS) is 20.4. The van der Waals surface area contributed by atoms with Crippen molar-refractivity contribution in [2.45, 2.75) is 58.5 Å². The van der Waals surface area contributed by atoms with Crippen molar-refractivity contribution in [3.05, 3.63) is 35.9 Å². The molecule has 0 saturated carbocycles. The van der Waals surface area contributed by atoms with Crippen LogP contribution in [0, 0.1) is 11.8 Å². The summed E-state index contributed by atoms with van der Waals surface area (Å²) in [7, 11) is 0. The highest BCUT2D eigenvalue weighted by molar-refractivity contribution is 5.89. The van der Waals surface area contributed by atoms with Gasteiger partial charge in [-0.05, 0) is 31.2 Å². The number of carbonyl (C=O) groups excluding carboxylic acids is 3. The summed E-state index contributed by atoms with van der Waals surface area (Å²) in [6.45, 7) is 6.44. The van der Waals surface area contributed by atoms with Crippen molar-refractivity contribution in [3.63, 3.8) is 0 Å². The first-order valence-electron chi connectivity index (χ1n) is 10.9. The van der Waals surface area contributed by atoms with Gasteiger partial charge in [0.1, 0.15) is 0 Å². The Morgan fingerprint density at radius 3 is 2.38 bits per heavy atom. The van der Waals surface area contributed by atoms with E-state index in [0.717, 1.165) is 31.2 Å². The van der Waals surface area contributed by atoms with Crippen LogP contribution in [0.4, 0.5) is 0 Å². The number of benzene rings is 1. The minimum atomic E-state index is -0.248. The van der Waals surface area contributed by atoms with E-state index in [0.29, 0.717) is 32.6 Å². The molecular formula is C23H33N3O3. The molecule has 1 aromatic carbocycles. The van der Waals surface area contributed by atoms with Crippen LogP contribution in [0.1, 0.15) is 51.5 Å². The van der Waals surface area contributed by atoms with Gasteiger partial charge in [0.05, 0.1) is 5.92 Å². The zero-order chi connectivity index (χ0) is 20.8. The average molecular weight is 400 g/mol. The number of piperidine rings is 1. The highest BCUT2D eigenvalue weighted by atomic mass is 16.2. The molecule has 0 spiro atoms. The van der Waals surface area contributed by atoms with Gasteiger partial charge in [0.15, 0.2) is 0 Å². The smallest absolute Gasteiger partial charge is 0.227 e. The molecular weight excluding hydrogens is 366 g/mol. The van der Waals surface area contributed by atoms with E-state index in [1.165, 1.54) is 0 Å². The second-order valence-corrected chi connectivity index (χ2v) is 8.28. The van der Waals surface area contributed by atoms with Crippen molar-refractivity contribution in [1.82, 2.24) is 15.1 Å². The Morgan fingerprint density at radius 2 is 1.76 bits per heavy atom. The molecule has 0 radical (unpaired) electrons. The van der Waals surface area contributed by atoms with Gasteiger partial charge in [-0.25, -0.2) is 0 Å². The average Bonchev–Trinajstić information content (AvgIpc) is 3.10. The molecule has 1 unspecified atom stereocenters. The van der Waals surface area contributed by atoms with E-state index in [1.54, 1.807) is 4.90 Å². The van der Waals surface area contributed by atoms with Gasteiger partial charge in [0, 0.05) is 44.6 Å². The summed E-state index contributed by atoms with van der Waals surface area (Å²) < 4.78 is 0. The van der Waals surface area contributed by atoms with Gasteiger partial charge in [-0.3, -0.25) is 14.4 Å². The van der Waals surface area contributed by atoms with E-state index < -0.39 is 0 Å². The third kappa shape index (κ3) is 5.37. The number of hydrogen-bond acceptors (Lipinski definition) is 3. The summed E-state index contributed by atoms with van der Waals surface area (Å²) >= 11 is 0. The van der Waals surface area contributed by atoms with E-state index in [9.17, 15) is 14.4 Å². The second kappa shape index (κ2) is 9.90. The number of amides is 3. The maximum absolute atomic E-state index is 12.9. The van der Waals surface area contributed by atoms with Gasteiger partial charge in [0.2, 0.25) is 17.7 Å². The van der Waals surface area contributed by atoms with Crippen LogP contribution in [0.5, 0.6) is 0 Å². The molecule has 2 aliphatic rings. The molecule has 0 bridgehead atoms. The van der Waals surface area contributed by atoms with Gasteiger partial charge in [-0.15, -0.1) is 0 Å². The molecule has 3 amide bonds. The van der Waals surface area contributed by atoms with E-state index >= 15 is 0 Å². The molecule has 1 atom stereocenters. The molecule has 2 fully saturated rings. The Bertz CT molecular complexity index is 709. The van der Waals surface area contributed by atoms with Gasteiger partial charge in [0.25, 0.3) is 0 Å². The fourth-order valence-corrected chi connectivity index (χ4v) is 4.38. The molecule has 1 aromatic rings. The summed E-state index contributed by atoms with van der Waals surface area (Å²) in [5.74, 6) is 0.104. The van der Waals surface area contributed by atoms with Crippen LogP contribution in [0.15, 0.2) is 30.3 Å². The first kappa shape index (κ1) is 21.3. The topological polar surface area (TPSA) is 69.7 Å². The highest BCUT2D eigenvalue weighted by Gasteiger charge is 2.37. The van der Waals surface area contributed by atoms with E-state index in [-0.39, 0.29) is 35.6 Å². The van der Waals surface area contributed by atoms with Crippen LogP contribution in [0.3, 0.4) is 0 Å². The van der Waals surface area contributed by atoms with Crippen LogP contribution in [0.25, 0.3) is 0 Å². The lowest BCUT2D eigenvalue weighted by Crippen LogP contribution is -2.49. The Labute approximate surface area is 173 Å². The van der Waals surface area contributed by atoms with E-state index in [4.69, 9.17) is 0 Å². The molecule has 6 heteroatoms. The first-order valence-corrected chi connectivity index (χ1v) is 10.9. The standard InChI is InChI=1S/C23H33N3O3/c1-3-18(4-2)22(28)24-20-10-12-25(13-11-20)23(29)19-14-21(27)26(16-19)15-17-8-6-5-7-9-17/h5-9,18-20H,3-4,10-16H2,1-2H3,(H,24,28). The van der Waals surface area contributed by atoms with Crippen LogP contribution in [-0.2, 0) is 20.9 Å². The number of hydrogen-bond donors (Lipinski definition) is 1. The third-order valence-electron chi connectivity index (χ3n) is 6.29. The van der Waals surface area contributed by atoms with Crippen molar-refractivity contribution >= 4 is 17.7 Å². The lowest BCUT2D eigenvalue weighted by atomic mass is 9.98. The van der Waals surface area contributed by atoms with Crippen LogP contribution in [0.2, 0.25) is 0 Å². The van der Waals surface area contributed by atoms with Gasteiger partial charge >= 0.3 is 0 Å². The summed E-state index contributed by atoms with van der Waals surface area (Å²) in [6.07, 6.45) is 3.58. The SMILES string of the molecule is CCC(CC)C(=O)NC1CCN(C(=O)C2CC(=O)N(Cc3ccccc3)C2)CC1. The predicted octanol–water partition coefficient (Wildman–Crippen LogP) is 2.58. The van der Waals surface area contributed by atoms with Crippen molar-refractivity contribution in [3.8, 4) is 0 Å². The molecule has 2 heterocycles. The summed E-state index contributed by atoms with van der Waals surface area (Å²) in [5.41, 5.74) is 1.09. The summed E-state index contributed by atoms with van der Waals surface area (Å²) in [6, 6.07) is 10.0. The minimum absolute atomic E-state index is 0.0551. The summed E-state index contributed by atoms with van der Waals surface area (Å²) in [5, 5.41) is 3.15. The Kier molecular flexibility index (Phi) is 7.29. The van der Waals surface area contributed by atoms with Crippen LogP contribution < -0.4 is 5.32 Å². The molecule has 6 nitrogen and oxygen atoms in total. The van der Waals surface area contributed by atoms with Gasteiger partial charge < -0.3 is 15.1 Å². The largest absolute Gasteiger partial charge is 0.353 e. The molecule has 2 saturated heterocycles. The van der Waals surface area contributed by atoms with E-state index in [2.05, 4.69) is 5.32 Å². The molecule has 0 aliphatic carbocycles. The zero-order valence-corrected chi connectivity index (χ0v) is 17.6. The number of carbonyl (C=O) groups is 3. The zero-order valence-electron chi connectivity index (χ0n) is 17.6. The van der Waals surface area contributed by atoms with Crippen molar-refractivity contribution < 1.29 is 14.4 Å². The fourth-order valence-electron chi connectivity index (χ4n) is 4.38. The maximum atomic E-state index is 12.9. The maximum Gasteiger partial charge on any atom is 0.227 e. The van der Waals surface area contributed by atoms with Crippen molar-refractivity contribution in [2.24, 2.45) is 11.8 Å². The minimum Gasteiger partial charge on any atom is -0.353 e. The highest BCUT2D eigenvalue weighted by Crippen LogP contribution is 2.24. The third-order valence-corrected chi connectivity index (χ3v) is 6.29. The van der Waals surface area contributed by atoms with Crippen molar-refractivity contribution in [1.29, 1.82) is 0 Å². The lowest BCUT2D eigenvalue weighted by Gasteiger charge is -2.34. The first-order chi connectivity index (χ1) is 14.0. The van der Waals surface area contributed by atoms with Crippen molar-refractivity contribution in [2.75, 3.05) is 19.6 Å². The quantitative estimate of drug-likeness (QED) is 0.766. The molecule has 3 rings (SSSR count). The number of rotatable bonds is 7. The molecule has 158 valence electrons. The number of nitrogens with zero attached hydrogens (tertiary/aromatic N) is 2. The molecule has 2 aliphatic heterocycles. The van der Waals surface area contributed by atoms with E-state index in [1.807, 2.05) is 49.1 Å². The molecule has 1 N–H and O–H groups in total. The monoisotopic (exact) mass is 399 g/mol. The molecule has 29 heavy (non-hydrogen) atoms. The van der Waals surface area contributed by atoms with Crippen LogP contribution >= 0.6 is 0 Å². The summed E-state index contributed by atoms with van der Waals surface area (Å²) in [4.78, 5) is 41.3.